The zero-order chi connectivity index (χ0) is 17.5. The predicted molar refractivity (Wildman–Crippen MR) is 88.2 cm³/mol. The normalized spacial score (nSPS) is 17.4. The molecule has 0 fully saturated rings. The summed E-state index contributed by atoms with van der Waals surface area (Å²) in [5.74, 6) is -0.836. The van der Waals surface area contributed by atoms with Crippen LogP contribution in [0.1, 0.15) is 25.8 Å². The molecule has 8 nitrogen and oxygen atoms in total. The first-order valence-corrected chi connectivity index (χ1v) is 7.43. The van der Waals surface area contributed by atoms with Crippen LogP contribution in [0.3, 0.4) is 0 Å². The highest BCUT2D eigenvalue weighted by molar-refractivity contribution is 6.43. The molecular formula is C16H17N5O3. The van der Waals surface area contributed by atoms with E-state index < -0.39 is 5.97 Å². The summed E-state index contributed by atoms with van der Waals surface area (Å²) < 4.78 is 4.72. The maximum Gasteiger partial charge on any atom is 0.369 e. The van der Waals surface area contributed by atoms with Crippen molar-refractivity contribution < 1.29 is 14.3 Å². The second kappa shape index (κ2) is 7.87. The molecule has 124 valence electrons. The highest BCUT2D eigenvalue weighted by atomic mass is 16.5. The molecule has 1 unspecified atom stereocenters. The molecule has 1 amide bonds. The molecule has 0 aliphatic carbocycles. The third-order valence-corrected chi connectivity index (χ3v) is 3.31. The summed E-state index contributed by atoms with van der Waals surface area (Å²) in [5.41, 5.74) is 7.04. The Morgan fingerprint density at radius 1 is 1.50 bits per heavy atom. The maximum absolute atomic E-state index is 11.5. The number of carbonyl (C=O) groups is 2. The number of carbonyl (C=O) groups excluding carboxylic acids is 2. The van der Waals surface area contributed by atoms with Crippen molar-refractivity contribution in [1.29, 1.82) is 5.26 Å². The van der Waals surface area contributed by atoms with Crippen molar-refractivity contribution >= 4 is 29.0 Å². The zero-order valence-electron chi connectivity index (χ0n) is 13.4. The monoisotopic (exact) mass is 327 g/mol. The van der Waals surface area contributed by atoms with E-state index in [2.05, 4.69) is 21.1 Å². The fourth-order valence-electron chi connectivity index (χ4n) is 2.15. The molecule has 0 saturated carbocycles. The fourth-order valence-corrected chi connectivity index (χ4v) is 2.15. The molecule has 0 bridgehead atoms. The van der Waals surface area contributed by atoms with Crippen LogP contribution in [0.25, 0.3) is 0 Å². The lowest BCUT2D eigenvalue weighted by molar-refractivity contribution is -0.134. The Morgan fingerprint density at radius 2 is 2.21 bits per heavy atom. The molecular weight excluding hydrogens is 310 g/mol. The molecule has 1 atom stereocenters. The quantitative estimate of drug-likeness (QED) is 0.482. The number of amides is 1. The minimum atomic E-state index is -0.773. The van der Waals surface area contributed by atoms with Gasteiger partial charge in [0.05, 0.1) is 18.0 Å². The number of hydrogen-bond acceptors (Lipinski definition) is 7. The van der Waals surface area contributed by atoms with E-state index in [0.717, 1.165) is 11.3 Å². The summed E-state index contributed by atoms with van der Waals surface area (Å²) in [4.78, 5) is 22.7. The minimum absolute atomic E-state index is 0.0320. The average molecular weight is 327 g/mol. The molecule has 1 aromatic carbocycles. The molecule has 1 aliphatic rings. The molecule has 0 aromatic heterocycles. The van der Waals surface area contributed by atoms with Crippen molar-refractivity contribution in [1.82, 2.24) is 5.43 Å². The molecule has 2 rings (SSSR count). The van der Waals surface area contributed by atoms with Gasteiger partial charge in [0.25, 0.3) is 0 Å². The van der Waals surface area contributed by atoms with E-state index >= 15 is 0 Å². The number of ether oxygens (including phenoxy) is 1. The molecule has 24 heavy (non-hydrogen) atoms. The van der Waals surface area contributed by atoms with Crippen molar-refractivity contribution in [3.8, 4) is 6.07 Å². The number of nitriles is 1. The summed E-state index contributed by atoms with van der Waals surface area (Å²) >= 11 is 0. The van der Waals surface area contributed by atoms with E-state index in [-0.39, 0.29) is 24.1 Å². The molecule has 2 N–H and O–H groups in total. The molecule has 8 heteroatoms. The Bertz CT molecular complexity index is 731. The van der Waals surface area contributed by atoms with Crippen LogP contribution in [-0.4, -0.2) is 29.9 Å². The van der Waals surface area contributed by atoms with Crippen molar-refractivity contribution in [3.63, 3.8) is 0 Å². The number of benzene rings is 1. The lowest BCUT2D eigenvalue weighted by Gasteiger charge is -2.19. The van der Waals surface area contributed by atoms with Crippen LogP contribution in [0.4, 0.5) is 5.69 Å². The van der Waals surface area contributed by atoms with Gasteiger partial charge < -0.3 is 4.74 Å². The summed E-state index contributed by atoms with van der Waals surface area (Å²) in [5, 5.41) is 16.7. The molecule has 1 aromatic rings. The van der Waals surface area contributed by atoms with Gasteiger partial charge in [0.1, 0.15) is 6.07 Å². The van der Waals surface area contributed by atoms with E-state index in [1.807, 2.05) is 19.1 Å². The van der Waals surface area contributed by atoms with Crippen molar-refractivity contribution in [2.75, 3.05) is 12.0 Å². The predicted octanol–water partition coefficient (Wildman–Crippen LogP) is 1.40. The molecule has 1 aliphatic heterocycles. The average Bonchev–Trinajstić information content (AvgIpc) is 2.56. The highest BCUT2D eigenvalue weighted by Crippen LogP contribution is 2.18. The molecule has 0 radical (unpaired) electrons. The van der Waals surface area contributed by atoms with Gasteiger partial charge in [-0.15, -0.1) is 0 Å². The van der Waals surface area contributed by atoms with Gasteiger partial charge >= 0.3 is 5.97 Å². The number of esters is 1. The number of hydrazone groups is 2. The van der Waals surface area contributed by atoms with Crippen LogP contribution in [0.2, 0.25) is 0 Å². The third kappa shape index (κ3) is 4.16. The lowest BCUT2D eigenvalue weighted by Crippen LogP contribution is -2.31. The lowest BCUT2D eigenvalue weighted by atomic mass is 9.94. The van der Waals surface area contributed by atoms with Crippen LogP contribution in [0.5, 0.6) is 0 Å². The van der Waals surface area contributed by atoms with Gasteiger partial charge in [-0.1, -0.05) is 19.1 Å². The minimum Gasteiger partial charge on any atom is -0.461 e. The zero-order valence-corrected chi connectivity index (χ0v) is 13.4. The van der Waals surface area contributed by atoms with Crippen molar-refractivity contribution in [2.45, 2.75) is 20.3 Å². The van der Waals surface area contributed by atoms with E-state index in [1.165, 1.54) is 0 Å². The molecule has 0 saturated heterocycles. The SMILES string of the molecule is CCOC(=O)/C(C#N)=N/Nc1ccc(C2=NNC(=O)CC2C)cc1. The Morgan fingerprint density at radius 3 is 2.79 bits per heavy atom. The largest absolute Gasteiger partial charge is 0.461 e. The summed E-state index contributed by atoms with van der Waals surface area (Å²) in [6.45, 7) is 3.76. The number of nitrogens with one attached hydrogen (secondary N) is 2. The second-order valence-electron chi connectivity index (χ2n) is 5.12. The Balaban J connectivity index is 2.09. The van der Waals surface area contributed by atoms with E-state index in [1.54, 1.807) is 25.1 Å². The second-order valence-corrected chi connectivity index (χ2v) is 5.12. The first kappa shape index (κ1) is 17.1. The first-order chi connectivity index (χ1) is 11.5. The highest BCUT2D eigenvalue weighted by Gasteiger charge is 2.21. The molecule has 0 spiro atoms. The maximum atomic E-state index is 11.5. The number of rotatable bonds is 5. The standard InChI is InChI=1S/C16H17N5O3/c1-3-24-16(23)13(9-17)19-18-12-6-4-11(5-7-12)15-10(2)8-14(22)20-21-15/h4-7,10,18H,3,8H2,1-2H3,(H,20,22)/b19-13+. The van der Waals surface area contributed by atoms with Crippen LogP contribution in [-0.2, 0) is 14.3 Å². The van der Waals surface area contributed by atoms with Crippen LogP contribution in [0.15, 0.2) is 34.5 Å². The number of hydrogen-bond donors (Lipinski definition) is 2. The van der Waals surface area contributed by atoms with E-state index in [9.17, 15) is 9.59 Å². The van der Waals surface area contributed by atoms with Gasteiger partial charge in [0.15, 0.2) is 0 Å². The van der Waals surface area contributed by atoms with Gasteiger partial charge in [0, 0.05) is 12.3 Å². The van der Waals surface area contributed by atoms with Gasteiger partial charge in [0.2, 0.25) is 11.6 Å². The van der Waals surface area contributed by atoms with Gasteiger partial charge in [-0.05, 0) is 24.6 Å². The third-order valence-electron chi connectivity index (χ3n) is 3.31. The summed E-state index contributed by atoms with van der Waals surface area (Å²) in [6, 6.07) is 8.81. The van der Waals surface area contributed by atoms with Crippen LogP contribution < -0.4 is 10.9 Å². The smallest absolute Gasteiger partial charge is 0.369 e. The van der Waals surface area contributed by atoms with Gasteiger partial charge in [-0.25, -0.2) is 10.2 Å². The van der Waals surface area contributed by atoms with Crippen molar-refractivity contribution in [2.24, 2.45) is 16.1 Å². The Labute approximate surface area is 139 Å². The Kier molecular flexibility index (Phi) is 5.63. The van der Waals surface area contributed by atoms with Crippen LogP contribution >= 0.6 is 0 Å². The fraction of sp³-hybridized carbons (Fsp3) is 0.312. The first-order valence-electron chi connectivity index (χ1n) is 7.43. The topological polar surface area (TPSA) is 116 Å². The van der Waals surface area contributed by atoms with Crippen molar-refractivity contribution in [3.05, 3.63) is 29.8 Å². The number of nitrogens with zero attached hydrogens (tertiary/aromatic N) is 3. The van der Waals surface area contributed by atoms with Gasteiger partial charge in [-0.3, -0.25) is 10.2 Å². The Hall–Kier alpha value is -3.21. The van der Waals surface area contributed by atoms with E-state index in [0.29, 0.717) is 12.1 Å². The molecule has 1 heterocycles. The van der Waals surface area contributed by atoms with E-state index in [4.69, 9.17) is 10.00 Å². The van der Waals surface area contributed by atoms with Gasteiger partial charge in [-0.2, -0.15) is 15.5 Å². The van der Waals surface area contributed by atoms with Crippen LogP contribution in [0, 0.1) is 17.2 Å². The summed E-state index contributed by atoms with van der Waals surface area (Å²) in [7, 11) is 0. The number of anilines is 1. The summed E-state index contributed by atoms with van der Waals surface area (Å²) in [6.07, 6.45) is 0.397.